The van der Waals surface area contributed by atoms with Crippen molar-refractivity contribution >= 4 is 58.1 Å². The minimum Gasteiger partial charge on any atom is -0.870 e. The summed E-state index contributed by atoms with van der Waals surface area (Å²) in [5.41, 5.74) is 6.81. The molecule has 0 aliphatic carbocycles. The smallest absolute Gasteiger partial charge is 0.870 e. The molecule has 2 atom stereocenters. The summed E-state index contributed by atoms with van der Waals surface area (Å²) in [6.07, 6.45) is 5.54. The summed E-state index contributed by atoms with van der Waals surface area (Å²) in [5.74, 6) is 0.0730. The van der Waals surface area contributed by atoms with E-state index < -0.39 is 35.3 Å². The predicted octanol–water partition coefficient (Wildman–Crippen LogP) is 8.77. The number of carbonyl (C=O) groups is 2. The van der Waals surface area contributed by atoms with Crippen LogP contribution in [0.2, 0.25) is 10.0 Å². The summed E-state index contributed by atoms with van der Waals surface area (Å²) in [5, 5.41) is 20.9. The van der Waals surface area contributed by atoms with E-state index in [0.29, 0.717) is 43.9 Å². The van der Waals surface area contributed by atoms with Crippen LogP contribution in [-0.4, -0.2) is 96.2 Å². The molecule has 4 aromatic heterocycles. The van der Waals surface area contributed by atoms with Gasteiger partial charge in [-0.2, -0.15) is 19.2 Å². The maximum atomic E-state index is 13.0. The van der Waals surface area contributed by atoms with Gasteiger partial charge in [-0.1, -0.05) is 75.2 Å². The minimum atomic E-state index is -1.17. The molecule has 2 aliphatic heterocycles. The molecule has 0 radical (unpaired) electrons. The molecule has 2 unspecified atom stereocenters. The SMILES string of the molecule is COC(=O)C(OC(C)(C)C)c1c(C)nc2c(-c3cccc(Cl)c3)cnn2c1N1CCC(C)(C)CC1.Cc1nc2c(-c3cccc(Cl)c3)cnn2c(N2CCC(C)(C)CC2)c1C(OC(C)(C)C)C(=O)O.[Li+].[OH-]. The van der Waals surface area contributed by atoms with Gasteiger partial charge in [0.2, 0.25) is 0 Å². The monoisotopic (exact) mass is 1010 g/mol. The number of benzene rings is 2. The largest absolute Gasteiger partial charge is 1.00 e. The summed E-state index contributed by atoms with van der Waals surface area (Å²) < 4.78 is 21.2. The van der Waals surface area contributed by atoms with Crippen LogP contribution in [0.3, 0.4) is 0 Å². The van der Waals surface area contributed by atoms with Gasteiger partial charge < -0.3 is 34.6 Å². The van der Waals surface area contributed by atoms with Crippen molar-refractivity contribution in [1.82, 2.24) is 29.2 Å². The van der Waals surface area contributed by atoms with Crippen LogP contribution < -0.4 is 28.7 Å². The third-order valence-corrected chi connectivity index (χ3v) is 13.4. The van der Waals surface area contributed by atoms with Crippen molar-refractivity contribution in [2.45, 2.75) is 132 Å². The average molecular weight is 1010 g/mol. The van der Waals surface area contributed by atoms with Crippen molar-refractivity contribution in [2.24, 2.45) is 10.8 Å². The van der Waals surface area contributed by atoms with Crippen molar-refractivity contribution in [3.05, 3.63) is 93.5 Å². The van der Waals surface area contributed by atoms with Crippen LogP contribution in [0.4, 0.5) is 11.6 Å². The quantitative estimate of drug-likeness (QED) is 0.102. The number of hydrogen-bond donors (Lipinski definition) is 1. The van der Waals surface area contributed by atoms with Gasteiger partial charge in [-0.15, -0.1) is 0 Å². The molecule has 71 heavy (non-hydrogen) atoms. The Morgan fingerprint density at radius 2 is 1.03 bits per heavy atom. The van der Waals surface area contributed by atoms with Crippen LogP contribution in [-0.2, 0) is 23.8 Å². The second-order valence-corrected chi connectivity index (χ2v) is 22.7. The molecular formula is C53H69Cl2LiN8O7. The predicted molar refractivity (Wildman–Crippen MR) is 276 cm³/mol. The molecule has 6 aromatic rings. The molecule has 15 nitrogen and oxygen atoms in total. The normalized spacial score (nSPS) is 16.6. The first-order valence-electron chi connectivity index (χ1n) is 23.7. The Labute approximate surface area is 440 Å². The maximum absolute atomic E-state index is 13.0. The van der Waals surface area contributed by atoms with Crippen LogP contribution >= 0.6 is 23.2 Å². The Morgan fingerprint density at radius 1 is 0.662 bits per heavy atom. The number of carboxylic acid groups (broad SMARTS) is 1. The maximum Gasteiger partial charge on any atom is 1.00 e. The first kappa shape index (κ1) is 57.2. The first-order valence-corrected chi connectivity index (χ1v) is 24.5. The van der Waals surface area contributed by atoms with Gasteiger partial charge in [0, 0.05) is 58.7 Å². The number of aromatic nitrogens is 6. The second-order valence-electron chi connectivity index (χ2n) is 21.9. The van der Waals surface area contributed by atoms with Gasteiger partial charge in [0.15, 0.2) is 23.5 Å². The average Bonchev–Trinajstić information content (AvgIpc) is 3.88. The zero-order valence-corrected chi connectivity index (χ0v) is 45.4. The van der Waals surface area contributed by atoms with Crippen LogP contribution in [0.15, 0.2) is 60.9 Å². The zero-order chi connectivity index (χ0) is 50.4. The number of carboxylic acids is 1. The van der Waals surface area contributed by atoms with Gasteiger partial charge in [0.05, 0.1) is 41.8 Å². The first-order chi connectivity index (χ1) is 32.3. The van der Waals surface area contributed by atoms with Gasteiger partial charge in [-0.3, -0.25) is 0 Å². The molecular weight excluding hydrogens is 938 g/mol. The summed E-state index contributed by atoms with van der Waals surface area (Å²) in [6, 6.07) is 15.3. The Balaban J connectivity index is 0.000000257. The van der Waals surface area contributed by atoms with Crippen molar-refractivity contribution in [3.63, 3.8) is 0 Å². The van der Waals surface area contributed by atoms with Gasteiger partial charge in [0.1, 0.15) is 11.6 Å². The van der Waals surface area contributed by atoms with E-state index in [9.17, 15) is 14.7 Å². The standard InChI is InChI=1S/C27H35ClN4O3.C26H33ClN4O3.Li.H2O/c1-17-21(22(25(33)34-7)35-26(2,3)4)24(31-13-11-27(5,6)12-14-31)32-23(30-17)20(16-29-32)18-9-8-10-19(28)15-18;1-16-20(21(24(32)33)34-25(2,3)4)23(30-12-10-26(5,6)11-13-30)31-22(29-16)19(15-28-31)17-8-7-9-18(27)14-17;;/h8-10,15-16,22H,11-14H2,1-7H3;7-9,14-15,21H,10-13H2,1-6H3,(H,32,33);;1H2/q;;+1;/p-1. The van der Waals surface area contributed by atoms with E-state index in [-0.39, 0.29) is 35.2 Å². The van der Waals surface area contributed by atoms with Crippen molar-refractivity contribution in [2.75, 3.05) is 43.1 Å². The number of aliphatic carboxylic acids is 1. The van der Waals surface area contributed by atoms with Crippen molar-refractivity contribution < 1.29 is 53.2 Å². The molecule has 0 spiro atoms. The molecule has 2 saturated heterocycles. The Morgan fingerprint density at radius 3 is 1.37 bits per heavy atom. The number of hydrogen-bond acceptors (Lipinski definition) is 12. The van der Waals surface area contributed by atoms with E-state index >= 15 is 0 Å². The molecule has 0 amide bonds. The fraction of sp³-hybridized carbons (Fsp3) is 0.509. The second kappa shape index (κ2) is 22.2. The number of anilines is 2. The number of ether oxygens (including phenoxy) is 3. The van der Waals surface area contributed by atoms with E-state index in [4.69, 9.17) is 57.6 Å². The van der Waals surface area contributed by atoms with E-state index in [1.165, 1.54) is 7.11 Å². The van der Waals surface area contributed by atoms with Crippen LogP contribution in [0.25, 0.3) is 33.5 Å². The molecule has 2 aromatic carbocycles. The van der Waals surface area contributed by atoms with Gasteiger partial charge in [-0.25, -0.2) is 19.6 Å². The molecule has 18 heteroatoms. The molecule has 378 valence electrons. The molecule has 6 heterocycles. The fourth-order valence-corrected chi connectivity index (χ4v) is 9.44. The van der Waals surface area contributed by atoms with Crippen LogP contribution in [0.5, 0.6) is 0 Å². The topological polar surface area (TPSA) is 179 Å². The van der Waals surface area contributed by atoms with Crippen molar-refractivity contribution in [3.8, 4) is 22.3 Å². The molecule has 2 fully saturated rings. The number of nitrogens with zero attached hydrogens (tertiary/aromatic N) is 8. The van der Waals surface area contributed by atoms with Gasteiger partial charge in [-0.05, 0) is 127 Å². The van der Waals surface area contributed by atoms with Crippen LogP contribution in [0, 0.1) is 24.7 Å². The van der Waals surface area contributed by atoms with E-state index in [1.54, 1.807) is 10.7 Å². The van der Waals surface area contributed by atoms with E-state index in [0.717, 1.165) is 85.8 Å². The summed E-state index contributed by atoms with van der Waals surface area (Å²) >= 11 is 12.5. The number of esters is 1. The minimum absolute atomic E-state index is 0. The van der Waals surface area contributed by atoms with E-state index in [2.05, 4.69) is 37.5 Å². The third kappa shape index (κ3) is 13.1. The van der Waals surface area contributed by atoms with Crippen LogP contribution in [0.1, 0.15) is 130 Å². The molecule has 0 bridgehead atoms. The number of aryl methyl sites for hydroxylation is 2. The Kier molecular flexibility index (Phi) is 17.9. The van der Waals surface area contributed by atoms with E-state index in [1.807, 2.05) is 115 Å². The molecule has 2 N–H and O–H groups in total. The summed E-state index contributed by atoms with van der Waals surface area (Å²) in [7, 11) is 1.39. The molecule has 0 saturated carbocycles. The zero-order valence-electron chi connectivity index (χ0n) is 43.9. The number of fused-ring (bicyclic) bond motifs is 2. The third-order valence-electron chi connectivity index (χ3n) is 12.9. The number of piperidine rings is 2. The van der Waals surface area contributed by atoms with Gasteiger partial charge in [0.25, 0.3) is 0 Å². The van der Waals surface area contributed by atoms with Crippen molar-refractivity contribution in [1.29, 1.82) is 0 Å². The summed E-state index contributed by atoms with van der Waals surface area (Å²) in [6.45, 7) is 27.5. The number of methoxy groups -OCH3 is 1. The molecule has 2 aliphatic rings. The molecule has 8 rings (SSSR count). The fourth-order valence-electron chi connectivity index (χ4n) is 9.06. The number of carbonyl (C=O) groups excluding carboxylic acids is 1. The van der Waals surface area contributed by atoms with Gasteiger partial charge >= 0.3 is 30.8 Å². The summed E-state index contributed by atoms with van der Waals surface area (Å²) in [4.78, 5) is 39.8. The Hall–Kier alpha value is -4.72. The Bertz CT molecular complexity index is 2850. The number of halogens is 2. The number of rotatable bonds is 10.